The molecule has 1 saturated heterocycles. The van der Waals surface area contributed by atoms with Gasteiger partial charge in [0.1, 0.15) is 0 Å². The molecule has 2 heterocycles. The van der Waals surface area contributed by atoms with Crippen molar-refractivity contribution in [3.05, 3.63) is 30.1 Å². The molecular weight excluding hydrogens is 176 g/mol. The minimum absolute atomic E-state index is 0.391. The predicted molar refractivity (Wildman–Crippen MR) is 55.6 cm³/mol. The van der Waals surface area contributed by atoms with Crippen LogP contribution in [0.1, 0.15) is 18.0 Å². The van der Waals surface area contributed by atoms with E-state index in [1.165, 1.54) is 5.56 Å². The van der Waals surface area contributed by atoms with Gasteiger partial charge in [0.25, 0.3) is 0 Å². The van der Waals surface area contributed by atoms with Crippen LogP contribution in [0.3, 0.4) is 0 Å². The van der Waals surface area contributed by atoms with Crippen LogP contribution in [0.2, 0.25) is 0 Å². The molecule has 14 heavy (non-hydrogen) atoms. The third-order valence-corrected chi connectivity index (χ3v) is 2.52. The number of nitrogens with zero attached hydrogens (tertiary/aromatic N) is 1. The number of likely N-dealkylation sites (N-methyl/N-ethyl adjacent to an activating group) is 1. The van der Waals surface area contributed by atoms with E-state index in [1.807, 2.05) is 19.3 Å². The van der Waals surface area contributed by atoms with Crippen molar-refractivity contribution in [3.8, 4) is 0 Å². The molecule has 0 aromatic carbocycles. The second-order valence-corrected chi connectivity index (χ2v) is 3.62. The highest BCUT2D eigenvalue weighted by molar-refractivity contribution is 5.15. The third-order valence-electron chi connectivity index (χ3n) is 2.52. The van der Waals surface area contributed by atoms with E-state index in [1.54, 1.807) is 6.20 Å². The molecule has 2 unspecified atom stereocenters. The van der Waals surface area contributed by atoms with E-state index in [-0.39, 0.29) is 0 Å². The van der Waals surface area contributed by atoms with Gasteiger partial charge in [0.05, 0.1) is 0 Å². The van der Waals surface area contributed by atoms with Crippen molar-refractivity contribution in [2.45, 2.75) is 18.5 Å². The van der Waals surface area contributed by atoms with Crippen LogP contribution >= 0.6 is 0 Å². The number of hydrogen-bond acceptors (Lipinski definition) is 4. The highest BCUT2D eigenvalue weighted by Crippen LogP contribution is 2.20. The Morgan fingerprint density at radius 2 is 2.50 bits per heavy atom. The molecule has 0 spiro atoms. The Morgan fingerprint density at radius 1 is 1.57 bits per heavy atom. The molecule has 1 aliphatic heterocycles. The lowest BCUT2D eigenvalue weighted by Crippen LogP contribution is -2.36. The van der Waals surface area contributed by atoms with Crippen LogP contribution in [0.4, 0.5) is 0 Å². The molecule has 1 aromatic rings. The zero-order chi connectivity index (χ0) is 9.80. The number of hydrazine groups is 1. The summed E-state index contributed by atoms with van der Waals surface area (Å²) in [5.74, 6) is 0. The Kier molecular flexibility index (Phi) is 3.08. The Morgan fingerprint density at radius 3 is 3.21 bits per heavy atom. The van der Waals surface area contributed by atoms with Crippen LogP contribution in [0.15, 0.2) is 24.5 Å². The summed E-state index contributed by atoms with van der Waals surface area (Å²) in [5, 5.41) is 3.16. The van der Waals surface area contributed by atoms with Gasteiger partial charge in [0, 0.05) is 31.0 Å². The number of pyridine rings is 1. The van der Waals surface area contributed by atoms with Gasteiger partial charge < -0.3 is 5.32 Å². The highest BCUT2D eigenvalue weighted by Gasteiger charge is 2.23. The van der Waals surface area contributed by atoms with E-state index in [0.29, 0.717) is 12.1 Å². The highest BCUT2D eigenvalue weighted by atomic mass is 15.4. The van der Waals surface area contributed by atoms with Crippen LogP contribution in [0, 0.1) is 0 Å². The Labute approximate surface area is 84.1 Å². The molecule has 2 rings (SSSR count). The molecular formula is C10H16N4. The quantitative estimate of drug-likeness (QED) is 0.640. The van der Waals surface area contributed by atoms with E-state index in [0.717, 1.165) is 13.0 Å². The van der Waals surface area contributed by atoms with Crippen molar-refractivity contribution in [3.63, 3.8) is 0 Å². The topological polar surface area (TPSA) is 49.0 Å². The summed E-state index contributed by atoms with van der Waals surface area (Å²) in [5.41, 5.74) is 7.79. The van der Waals surface area contributed by atoms with Crippen LogP contribution < -0.4 is 16.2 Å². The molecule has 0 saturated carbocycles. The maximum atomic E-state index is 4.12. The molecule has 0 bridgehead atoms. The zero-order valence-electron chi connectivity index (χ0n) is 8.33. The monoisotopic (exact) mass is 192 g/mol. The Hall–Kier alpha value is -0.970. The third kappa shape index (κ3) is 2.09. The molecule has 0 radical (unpaired) electrons. The molecule has 4 nitrogen and oxygen atoms in total. The summed E-state index contributed by atoms with van der Waals surface area (Å²) in [6, 6.07) is 4.98. The van der Waals surface area contributed by atoms with Gasteiger partial charge in [-0.05, 0) is 25.1 Å². The van der Waals surface area contributed by atoms with Crippen molar-refractivity contribution in [2.75, 3.05) is 13.6 Å². The molecule has 76 valence electrons. The molecule has 1 aliphatic rings. The smallest absolute Gasteiger partial charge is 0.0493 e. The fourth-order valence-electron chi connectivity index (χ4n) is 1.80. The first kappa shape index (κ1) is 9.58. The average Bonchev–Trinajstić information content (AvgIpc) is 2.68. The van der Waals surface area contributed by atoms with Crippen molar-refractivity contribution >= 4 is 0 Å². The normalized spacial score (nSPS) is 26.6. The van der Waals surface area contributed by atoms with E-state index in [2.05, 4.69) is 27.2 Å². The van der Waals surface area contributed by atoms with Gasteiger partial charge in [0.15, 0.2) is 0 Å². The summed E-state index contributed by atoms with van der Waals surface area (Å²) in [6.07, 6.45) is 4.82. The number of nitrogens with one attached hydrogen (secondary N) is 3. The van der Waals surface area contributed by atoms with Crippen molar-refractivity contribution in [2.24, 2.45) is 0 Å². The molecule has 1 fully saturated rings. The molecule has 1 aromatic heterocycles. The minimum Gasteiger partial charge on any atom is -0.318 e. The van der Waals surface area contributed by atoms with Crippen LogP contribution in [0.5, 0.6) is 0 Å². The molecule has 4 heteroatoms. The fourth-order valence-corrected chi connectivity index (χ4v) is 1.80. The molecule has 0 aliphatic carbocycles. The SMILES string of the molecule is CNCC1CC(c2cccnc2)NN1. The van der Waals surface area contributed by atoms with Crippen LogP contribution in [-0.2, 0) is 0 Å². The molecule has 2 atom stereocenters. The Balaban J connectivity index is 1.96. The standard InChI is InChI=1S/C10H16N4/c1-11-7-9-5-10(14-13-9)8-3-2-4-12-6-8/h2-4,6,9-11,13-14H,5,7H2,1H3. The van der Waals surface area contributed by atoms with Crippen molar-refractivity contribution in [1.82, 2.24) is 21.2 Å². The number of aromatic nitrogens is 1. The van der Waals surface area contributed by atoms with Gasteiger partial charge in [0.2, 0.25) is 0 Å². The lowest BCUT2D eigenvalue weighted by atomic mass is 10.0. The summed E-state index contributed by atoms with van der Waals surface area (Å²) in [4.78, 5) is 4.12. The largest absolute Gasteiger partial charge is 0.318 e. The van der Waals surface area contributed by atoms with Crippen LogP contribution in [-0.4, -0.2) is 24.6 Å². The van der Waals surface area contributed by atoms with E-state index < -0.39 is 0 Å². The van der Waals surface area contributed by atoms with E-state index >= 15 is 0 Å². The first-order chi connectivity index (χ1) is 6.90. The van der Waals surface area contributed by atoms with E-state index in [4.69, 9.17) is 0 Å². The second kappa shape index (κ2) is 4.50. The summed E-state index contributed by atoms with van der Waals surface area (Å²) >= 11 is 0. The van der Waals surface area contributed by atoms with Crippen LogP contribution in [0.25, 0.3) is 0 Å². The maximum Gasteiger partial charge on any atom is 0.0493 e. The lowest BCUT2D eigenvalue weighted by molar-refractivity contribution is 0.524. The molecule has 3 N–H and O–H groups in total. The zero-order valence-corrected chi connectivity index (χ0v) is 8.33. The number of rotatable bonds is 3. The average molecular weight is 192 g/mol. The van der Waals surface area contributed by atoms with Crippen molar-refractivity contribution in [1.29, 1.82) is 0 Å². The first-order valence-electron chi connectivity index (χ1n) is 4.95. The van der Waals surface area contributed by atoms with Gasteiger partial charge in [-0.25, -0.2) is 5.43 Å². The van der Waals surface area contributed by atoms with Gasteiger partial charge >= 0.3 is 0 Å². The summed E-state index contributed by atoms with van der Waals surface area (Å²) < 4.78 is 0. The second-order valence-electron chi connectivity index (χ2n) is 3.62. The van der Waals surface area contributed by atoms with Gasteiger partial charge in [-0.3, -0.25) is 10.4 Å². The maximum absolute atomic E-state index is 4.12. The number of hydrogen-bond donors (Lipinski definition) is 3. The predicted octanol–water partition coefficient (Wildman–Crippen LogP) is 0.209. The minimum atomic E-state index is 0.391. The summed E-state index contributed by atoms with van der Waals surface area (Å²) in [6.45, 7) is 0.990. The van der Waals surface area contributed by atoms with Gasteiger partial charge in [-0.1, -0.05) is 6.07 Å². The Bertz CT molecular complexity index is 275. The van der Waals surface area contributed by atoms with Crippen molar-refractivity contribution < 1.29 is 0 Å². The molecule has 0 amide bonds. The first-order valence-corrected chi connectivity index (χ1v) is 4.95. The fraction of sp³-hybridized carbons (Fsp3) is 0.500. The summed E-state index contributed by atoms with van der Waals surface area (Å²) in [7, 11) is 1.97. The van der Waals surface area contributed by atoms with Gasteiger partial charge in [-0.2, -0.15) is 0 Å². The lowest BCUT2D eigenvalue weighted by Gasteiger charge is -2.08. The van der Waals surface area contributed by atoms with Gasteiger partial charge in [-0.15, -0.1) is 0 Å². The van der Waals surface area contributed by atoms with E-state index in [9.17, 15) is 0 Å².